The zero-order chi connectivity index (χ0) is 12.4. The molecule has 0 unspecified atom stereocenters. The van der Waals surface area contributed by atoms with Crippen LogP contribution in [0.25, 0.3) is 11.1 Å². The molecule has 0 atom stereocenters. The van der Waals surface area contributed by atoms with E-state index in [1.54, 1.807) is 0 Å². The van der Waals surface area contributed by atoms with E-state index >= 15 is 0 Å². The van der Waals surface area contributed by atoms with E-state index in [0.29, 0.717) is 5.88 Å². The van der Waals surface area contributed by atoms with Crippen molar-refractivity contribution in [3.63, 3.8) is 0 Å². The maximum Gasteiger partial charge on any atom is 0.0480 e. The quantitative estimate of drug-likeness (QED) is 0.651. The Kier molecular flexibility index (Phi) is 3.54. The molecule has 0 saturated carbocycles. The molecule has 1 heteroatoms. The van der Waals surface area contributed by atoms with Crippen molar-refractivity contribution in [2.75, 3.05) is 0 Å². The summed E-state index contributed by atoms with van der Waals surface area (Å²) in [6, 6.07) is 12.8. The summed E-state index contributed by atoms with van der Waals surface area (Å²) in [5.41, 5.74) is 7.75. The summed E-state index contributed by atoms with van der Waals surface area (Å²) in [6.07, 6.45) is 0. The second-order valence-corrected chi connectivity index (χ2v) is 4.79. The normalized spacial score (nSPS) is 10.6. The minimum absolute atomic E-state index is 0.558. The predicted molar refractivity (Wildman–Crippen MR) is 75.6 cm³/mol. The zero-order valence-electron chi connectivity index (χ0n) is 10.5. The Morgan fingerprint density at radius 3 is 2.12 bits per heavy atom. The average Bonchev–Trinajstić information content (AvgIpc) is 2.35. The van der Waals surface area contributed by atoms with Crippen LogP contribution in [0.4, 0.5) is 0 Å². The summed E-state index contributed by atoms with van der Waals surface area (Å²) in [7, 11) is 0. The van der Waals surface area contributed by atoms with E-state index < -0.39 is 0 Å². The minimum atomic E-state index is 0.558. The zero-order valence-corrected chi connectivity index (χ0v) is 11.3. The molecule has 0 N–H and O–H groups in total. The van der Waals surface area contributed by atoms with Gasteiger partial charge in [-0.2, -0.15) is 0 Å². The van der Waals surface area contributed by atoms with E-state index in [2.05, 4.69) is 51.1 Å². The van der Waals surface area contributed by atoms with Crippen LogP contribution in [0.3, 0.4) is 0 Å². The summed E-state index contributed by atoms with van der Waals surface area (Å²) in [5.74, 6) is 0.558. The number of hydrogen-bond donors (Lipinski definition) is 0. The van der Waals surface area contributed by atoms with E-state index in [1.165, 1.54) is 33.4 Å². The van der Waals surface area contributed by atoms with Gasteiger partial charge in [0.2, 0.25) is 0 Å². The summed E-state index contributed by atoms with van der Waals surface area (Å²) in [6.45, 7) is 6.49. The second-order valence-electron chi connectivity index (χ2n) is 4.53. The molecule has 0 bridgehead atoms. The Labute approximate surface area is 108 Å². The molecule has 0 saturated heterocycles. The van der Waals surface area contributed by atoms with Crippen molar-refractivity contribution in [2.45, 2.75) is 26.7 Å². The lowest BCUT2D eigenvalue weighted by atomic mass is 9.94. The maximum atomic E-state index is 5.99. The van der Waals surface area contributed by atoms with Crippen LogP contribution in [0.2, 0.25) is 0 Å². The van der Waals surface area contributed by atoms with Gasteiger partial charge in [0.15, 0.2) is 0 Å². The van der Waals surface area contributed by atoms with E-state index in [9.17, 15) is 0 Å². The summed E-state index contributed by atoms with van der Waals surface area (Å²) >= 11 is 5.99. The van der Waals surface area contributed by atoms with Crippen LogP contribution in [0.5, 0.6) is 0 Å². The molecule has 0 aliphatic rings. The first-order chi connectivity index (χ1) is 8.13. The highest BCUT2D eigenvalue weighted by molar-refractivity contribution is 6.17. The highest BCUT2D eigenvalue weighted by Gasteiger charge is 2.06. The SMILES string of the molecule is Cc1cc(-c2ccccc2CCl)cc(C)c1C. The maximum absolute atomic E-state index is 5.99. The lowest BCUT2D eigenvalue weighted by Gasteiger charge is -2.12. The second kappa shape index (κ2) is 4.93. The first-order valence-electron chi connectivity index (χ1n) is 5.85. The lowest BCUT2D eigenvalue weighted by molar-refractivity contribution is 1.26. The fourth-order valence-electron chi connectivity index (χ4n) is 2.11. The number of halogens is 1. The third-order valence-electron chi connectivity index (χ3n) is 3.40. The van der Waals surface area contributed by atoms with Crippen molar-refractivity contribution in [2.24, 2.45) is 0 Å². The highest BCUT2D eigenvalue weighted by Crippen LogP contribution is 2.28. The monoisotopic (exact) mass is 244 g/mol. The molecule has 0 aromatic heterocycles. The topological polar surface area (TPSA) is 0 Å². The molecule has 88 valence electrons. The van der Waals surface area contributed by atoms with E-state index in [1.807, 2.05) is 6.07 Å². The fourth-order valence-corrected chi connectivity index (χ4v) is 2.34. The van der Waals surface area contributed by atoms with Crippen LogP contribution < -0.4 is 0 Å². The van der Waals surface area contributed by atoms with Crippen LogP contribution in [0.1, 0.15) is 22.3 Å². The Morgan fingerprint density at radius 1 is 0.941 bits per heavy atom. The van der Waals surface area contributed by atoms with Crippen molar-refractivity contribution >= 4 is 11.6 Å². The molecule has 0 radical (unpaired) electrons. The van der Waals surface area contributed by atoms with Gasteiger partial charge in [0.25, 0.3) is 0 Å². The van der Waals surface area contributed by atoms with Gasteiger partial charge in [-0.3, -0.25) is 0 Å². The molecule has 0 fully saturated rings. The molecule has 2 rings (SSSR count). The molecule has 2 aromatic carbocycles. The van der Waals surface area contributed by atoms with Gasteiger partial charge in [-0.05, 0) is 54.2 Å². The largest absolute Gasteiger partial charge is 0.122 e. The van der Waals surface area contributed by atoms with Crippen LogP contribution in [0.15, 0.2) is 36.4 Å². The molecule has 0 nitrogen and oxygen atoms in total. The molecule has 2 aromatic rings. The standard InChI is InChI=1S/C16H17Cl/c1-11-8-15(9-12(2)13(11)3)16-7-5-4-6-14(16)10-17/h4-9H,10H2,1-3H3. The number of benzene rings is 2. The summed E-state index contributed by atoms with van der Waals surface area (Å²) in [5, 5.41) is 0. The van der Waals surface area contributed by atoms with E-state index in [0.717, 1.165) is 0 Å². The van der Waals surface area contributed by atoms with E-state index in [4.69, 9.17) is 11.6 Å². The molecule has 0 heterocycles. The molecular weight excluding hydrogens is 228 g/mol. The van der Waals surface area contributed by atoms with Gasteiger partial charge in [-0.1, -0.05) is 36.4 Å². The third kappa shape index (κ3) is 2.37. The average molecular weight is 245 g/mol. The fraction of sp³-hybridized carbons (Fsp3) is 0.250. The molecule has 0 aliphatic carbocycles. The molecule has 17 heavy (non-hydrogen) atoms. The van der Waals surface area contributed by atoms with Gasteiger partial charge < -0.3 is 0 Å². The number of alkyl halides is 1. The van der Waals surface area contributed by atoms with Crippen LogP contribution in [0, 0.1) is 20.8 Å². The van der Waals surface area contributed by atoms with Gasteiger partial charge >= 0.3 is 0 Å². The van der Waals surface area contributed by atoms with Crippen molar-refractivity contribution < 1.29 is 0 Å². The Morgan fingerprint density at radius 2 is 1.53 bits per heavy atom. The Bertz CT molecular complexity index is 518. The van der Waals surface area contributed by atoms with Crippen LogP contribution in [-0.4, -0.2) is 0 Å². The van der Waals surface area contributed by atoms with Crippen molar-refractivity contribution in [1.29, 1.82) is 0 Å². The molecule has 0 aliphatic heterocycles. The predicted octanol–water partition coefficient (Wildman–Crippen LogP) is 5.02. The number of rotatable bonds is 2. The van der Waals surface area contributed by atoms with Crippen molar-refractivity contribution in [3.05, 3.63) is 58.7 Å². The van der Waals surface area contributed by atoms with Gasteiger partial charge in [0.05, 0.1) is 0 Å². The first-order valence-corrected chi connectivity index (χ1v) is 6.39. The van der Waals surface area contributed by atoms with Gasteiger partial charge in [0, 0.05) is 5.88 Å². The smallest absolute Gasteiger partial charge is 0.0480 e. The number of hydrogen-bond acceptors (Lipinski definition) is 0. The van der Waals surface area contributed by atoms with Gasteiger partial charge in [-0.25, -0.2) is 0 Å². The number of aryl methyl sites for hydroxylation is 2. The van der Waals surface area contributed by atoms with Crippen LogP contribution >= 0.6 is 11.6 Å². The molecule has 0 spiro atoms. The molecular formula is C16H17Cl. The Balaban J connectivity index is 2.61. The van der Waals surface area contributed by atoms with Crippen molar-refractivity contribution in [1.82, 2.24) is 0 Å². The highest BCUT2D eigenvalue weighted by atomic mass is 35.5. The lowest BCUT2D eigenvalue weighted by Crippen LogP contribution is -1.91. The van der Waals surface area contributed by atoms with E-state index in [-0.39, 0.29) is 0 Å². The minimum Gasteiger partial charge on any atom is -0.122 e. The Hall–Kier alpha value is -1.27. The summed E-state index contributed by atoms with van der Waals surface area (Å²) in [4.78, 5) is 0. The summed E-state index contributed by atoms with van der Waals surface area (Å²) < 4.78 is 0. The first kappa shape index (κ1) is 12.2. The van der Waals surface area contributed by atoms with Crippen LogP contribution in [-0.2, 0) is 5.88 Å². The third-order valence-corrected chi connectivity index (χ3v) is 3.69. The van der Waals surface area contributed by atoms with Gasteiger partial charge in [-0.15, -0.1) is 11.6 Å². The van der Waals surface area contributed by atoms with Crippen molar-refractivity contribution in [3.8, 4) is 11.1 Å². The molecule has 0 amide bonds. The van der Waals surface area contributed by atoms with Gasteiger partial charge in [0.1, 0.15) is 0 Å².